The second kappa shape index (κ2) is 4.60. The molecule has 2 aliphatic rings. The fourth-order valence-corrected chi connectivity index (χ4v) is 4.29. The van der Waals surface area contributed by atoms with Crippen molar-refractivity contribution in [1.82, 2.24) is 4.57 Å². The Labute approximate surface area is 122 Å². The smallest absolute Gasteiger partial charge is 0.0699 e. The fraction of sp³-hybridized carbons (Fsp3) is 0.765. The zero-order valence-electron chi connectivity index (χ0n) is 13.3. The van der Waals surface area contributed by atoms with Crippen LogP contribution < -0.4 is 5.73 Å². The van der Waals surface area contributed by atoms with Crippen molar-refractivity contribution in [3.8, 4) is 0 Å². The molecule has 1 fully saturated rings. The topological polar surface area (TPSA) is 40.2 Å². The van der Waals surface area contributed by atoms with Crippen molar-refractivity contribution in [2.45, 2.75) is 65.0 Å². The van der Waals surface area contributed by atoms with Gasteiger partial charge in [0.1, 0.15) is 0 Å². The van der Waals surface area contributed by atoms with E-state index in [9.17, 15) is 0 Å². The molecule has 3 rings (SSSR count). The number of ether oxygens (including phenoxy) is 1. The zero-order valence-corrected chi connectivity index (χ0v) is 13.3. The van der Waals surface area contributed by atoms with Gasteiger partial charge in [-0.15, -0.1) is 0 Å². The first kappa shape index (κ1) is 14.2. The van der Waals surface area contributed by atoms with E-state index < -0.39 is 0 Å². The van der Waals surface area contributed by atoms with Crippen molar-refractivity contribution in [3.05, 3.63) is 23.0 Å². The summed E-state index contributed by atoms with van der Waals surface area (Å²) >= 11 is 0. The Morgan fingerprint density at radius 2 is 2.10 bits per heavy atom. The summed E-state index contributed by atoms with van der Waals surface area (Å²) in [4.78, 5) is 0. The first-order valence-corrected chi connectivity index (χ1v) is 7.87. The Kier molecular flexibility index (Phi) is 3.26. The van der Waals surface area contributed by atoms with Gasteiger partial charge in [0.15, 0.2) is 0 Å². The van der Waals surface area contributed by atoms with Gasteiger partial charge in [-0.2, -0.15) is 0 Å². The molecule has 2 unspecified atom stereocenters. The number of nitrogens with two attached hydrogens (primary N) is 1. The SMILES string of the molecule is Cc1cc2c(n1C1(C)CCCOC1)CC(C)(C)CC2N. The molecular formula is C17H28N2O. The third-order valence-electron chi connectivity index (χ3n) is 5.10. The van der Waals surface area contributed by atoms with Crippen LogP contribution >= 0.6 is 0 Å². The van der Waals surface area contributed by atoms with Gasteiger partial charge in [0.05, 0.1) is 12.1 Å². The second-order valence-electron chi connectivity index (χ2n) is 7.83. The molecule has 0 spiro atoms. The Hall–Kier alpha value is -0.800. The van der Waals surface area contributed by atoms with Crippen molar-refractivity contribution >= 4 is 0 Å². The molecule has 1 aliphatic heterocycles. The van der Waals surface area contributed by atoms with Crippen LogP contribution in [0.1, 0.15) is 63.0 Å². The molecule has 3 heteroatoms. The van der Waals surface area contributed by atoms with Crippen molar-refractivity contribution in [3.63, 3.8) is 0 Å². The molecule has 0 saturated carbocycles. The third-order valence-corrected chi connectivity index (χ3v) is 5.10. The van der Waals surface area contributed by atoms with Crippen LogP contribution in [0.2, 0.25) is 0 Å². The van der Waals surface area contributed by atoms with E-state index in [4.69, 9.17) is 10.5 Å². The summed E-state index contributed by atoms with van der Waals surface area (Å²) in [5, 5.41) is 0. The van der Waals surface area contributed by atoms with Crippen LogP contribution in [-0.4, -0.2) is 17.8 Å². The average molecular weight is 276 g/mol. The molecule has 112 valence electrons. The quantitative estimate of drug-likeness (QED) is 0.855. The van der Waals surface area contributed by atoms with E-state index in [2.05, 4.69) is 38.3 Å². The molecule has 0 amide bonds. The summed E-state index contributed by atoms with van der Waals surface area (Å²) in [5.41, 5.74) is 11.0. The first-order valence-electron chi connectivity index (χ1n) is 7.87. The number of rotatable bonds is 1. The maximum atomic E-state index is 6.43. The number of hydrogen-bond acceptors (Lipinski definition) is 2. The van der Waals surface area contributed by atoms with Crippen LogP contribution in [0.3, 0.4) is 0 Å². The highest BCUT2D eigenvalue weighted by atomic mass is 16.5. The van der Waals surface area contributed by atoms with Crippen LogP contribution in [-0.2, 0) is 16.7 Å². The highest BCUT2D eigenvalue weighted by Crippen LogP contribution is 2.43. The number of fused-ring (bicyclic) bond motifs is 1. The molecule has 2 N–H and O–H groups in total. The summed E-state index contributed by atoms with van der Waals surface area (Å²) in [5.74, 6) is 0. The Bertz CT molecular complexity index is 509. The predicted octanol–water partition coefficient (Wildman–Crippen LogP) is 3.29. The van der Waals surface area contributed by atoms with Gasteiger partial charge in [-0.3, -0.25) is 0 Å². The molecule has 1 aromatic rings. The van der Waals surface area contributed by atoms with Crippen LogP contribution in [0, 0.1) is 12.3 Å². The summed E-state index contributed by atoms with van der Waals surface area (Å²) in [7, 11) is 0. The lowest BCUT2D eigenvalue weighted by Gasteiger charge is -2.41. The summed E-state index contributed by atoms with van der Waals surface area (Å²) < 4.78 is 8.33. The van der Waals surface area contributed by atoms with Gasteiger partial charge in [0.25, 0.3) is 0 Å². The van der Waals surface area contributed by atoms with Gasteiger partial charge in [-0.05, 0) is 56.6 Å². The molecule has 20 heavy (non-hydrogen) atoms. The number of aromatic nitrogens is 1. The lowest BCUT2D eigenvalue weighted by Crippen LogP contribution is -2.42. The lowest BCUT2D eigenvalue weighted by atomic mass is 9.74. The molecule has 1 aliphatic carbocycles. The minimum absolute atomic E-state index is 0.100. The van der Waals surface area contributed by atoms with E-state index >= 15 is 0 Å². The maximum absolute atomic E-state index is 6.43. The summed E-state index contributed by atoms with van der Waals surface area (Å²) in [6, 6.07) is 2.50. The molecule has 0 radical (unpaired) electrons. The van der Waals surface area contributed by atoms with Crippen LogP contribution in [0.4, 0.5) is 0 Å². The molecule has 0 aromatic carbocycles. The van der Waals surface area contributed by atoms with Gasteiger partial charge < -0.3 is 15.0 Å². The zero-order chi connectivity index (χ0) is 14.5. The Morgan fingerprint density at radius 3 is 2.75 bits per heavy atom. The minimum Gasteiger partial charge on any atom is -0.379 e. The van der Waals surface area contributed by atoms with E-state index in [1.165, 1.54) is 23.4 Å². The molecule has 2 atom stereocenters. The highest BCUT2D eigenvalue weighted by Gasteiger charge is 2.38. The van der Waals surface area contributed by atoms with Crippen molar-refractivity contribution in [2.75, 3.05) is 13.2 Å². The molecule has 2 heterocycles. The Morgan fingerprint density at radius 1 is 1.35 bits per heavy atom. The number of hydrogen-bond donors (Lipinski definition) is 1. The van der Waals surface area contributed by atoms with Crippen molar-refractivity contribution in [2.24, 2.45) is 11.1 Å². The van der Waals surface area contributed by atoms with Gasteiger partial charge in [-0.1, -0.05) is 13.8 Å². The normalized spacial score (nSPS) is 33.0. The first-order chi connectivity index (χ1) is 9.32. The van der Waals surface area contributed by atoms with Gasteiger partial charge in [0.2, 0.25) is 0 Å². The molecule has 0 bridgehead atoms. The number of aryl methyl sites for hydroxylation is 1. The van der Waals surface area contributed by atoms with Gasteiger partial charge in [0, 0.05) is 24.0 Å². The fourth-order valence-electron chi connectivity index (χ4n) is 4.29. The monoisotopic (exact) mass is 276 g/mol. The van der Waals surface area contributed by atoms with E-state index in [0.717, 1.165) is 32.5 Å². The van der Waals surface area contributed by atoms with Crippen LogP contribution in [0.25, 0.3) is 0 Å². The van der Waals surface area contributed by atoms with E-state index in [1.807, 2.05) is 0 Å². The number of nitrogens with zero attached hydrogens (tertiary/aromatic N) is 1. The molecule has 3 nitrogen and oxygen atoms in total. The largest absolute Gasteiger partial charge is 0.379 e. The van der Waals surface area contributed by atoms with Crippen molar-refractivity contribution in [1.29, 1.82) is 0 Å². The summed E-state index contributed by atoms with van der Waals surface area (Å²) in [6.07, 6.45) is 4.55. The maximum Gasteiger partial charge on any atom is 0.0699 e. The van der Waals surface area contributed by atoms with E-state index in [1.54, 1.807) is 0 Å². The van der Waals surface area contributed by atoms with Crippen LogP contribution in [0.5, 0.6) is 0 Å². The minimum atomic E-state index is 0.100. The standard InChI is InChI=1S/C17H28N2O/c1-12-8-13-14(18)9-16(2,3)10-15(13)19(12)17(4)6-5-7-20-11-17/h8,14H,5-7,9-11,18H2,1-4H3. The predicted molar refractivity (Wildman–Crippen MR) is 81.9 cm³/mol. The second-order valence-corrected chi connectivity index (χ2v) is 7.83. The van der Waals surface area contributed by atoms with Gasteiger partial charge in [-0.25, -0.2) is 0 Å². The molecule has 1 aromatic heterocycles. The summed E-state index contributed by atoms with van der Waals surface area (Å²) in [6.45, 7) is 11.0. The molecule has 1 saturated heterocycles. The third kappa shape index (κ3) is 2.21. The highest BCUT2D eigenvalue weighted by molar-refractivity contribution is 5.35. The van der Waals surface area contributed by atoms with Gasteiger partial charge >= 0.3 is 0 Å². The van der Waals surface area contributed by atoms with E-state index in [-0.39, 0.29) is 11.6 Å². The van der Waals surface area contributed by atoms with Crippen molar-refractivity contribution < 1.29 is 4.74 Å². The lowest BCUT2D eigenvalue weighted by molar-refractivity contribution is 0.00661. The van der Waals surface area contributed by atoms with E-state index in [0.29, 0.717) is 5.41 Å². The van der Waals surface area contributed by atoms with Crippen LogP contribution in [0.15, 0.2) is 6.07 Å². The molecular weight excluding hydrogens is 248 g/mol. The average Bonchev–Trinajstić information content (AvgIpc) is 2.66. The Balaban J connectivity index is 2.09.